The first kappa shape index (κ1) is 15.4. The maximum atomic E-state index is 3.98. The molecule has 0 aliphatic heterocycles. The lowest BCUT2D eigenvalue weighted by atomic mass is 9.81. The van der Waals surface area contributed by atoms with Crippen LogP contribution in [0.3, 0.4) is 0 Å². The number of hydrogen-bond acceptors (Lipinski definition) is 2. The predicted octanol–water partition coefficient (Wildman–Crippen LogP) is 4.98. The van der Waals surface area contributed by atoms with Gasteiger partial charge in [0.2, 0.25) is 0 Å². The second-order valence-electron chi connectivity index (χ2n) is 6.85. The van der Waals surface area contributed by atoms with E-state index in [4.69, 9.17) is 0 Å². The van der Waals surface area contributed by atoms with Gasteiger partial charge in [0.15, 0.2) is 0 Å². The van der Waals surface area contributed by atoms with Gasteiger partial charge in [-0.3, -0.25) is 0 Å². The number of nitrogens with one attached hydrogen (secondary N) is 1. The van der Waals surface area contributed by atoms with Crippen molar-refractivity contribution < 1.29 is 0 Å². The molecule has 21 heavy (non-hydrogen) atoms. The molecule has 1 nitrogen and oxygen atoms in total. The van der Waals surface area contributed by atoms with Crippen LogP contribution in [0.15, 0.2) is 30.3 Å². The summed E-state index contributed by atoms with van der Waals surface area (Å²) in [6, 6.07) is 12.7. The van der Waals surface area contributed by atoms with Crippen LogP contribution in [-0.2, 0) is 0 Å². The molecule has 2 fully saturated rings. The van der Waals surface area contributed by atoms with Gasteiger partial charge in [0, 0.05) is 17.3 Å². The minimum atomic E-state index is 0.774. The van der Waals surface area contributed by atoms with E-state index in [1.165, 1.54) is 51.4 Å². The highest BCUT2D eigenvalue weighted by molar-refractivity contribution is 7.99. The van der Waals surface area contributed by atoms with Crippen molar-refractivity contribution in [2.75, 3.05) is 6.26 Å². The van der Waals surface area contributed by atoms with Gasteiger partial charge in [-0.15, -0.1) is 0 Å². The monoisotopic (exact) mass is 303 g/mol. The first-order chi connectivity index (χ1) is 10.3. The van der Waals surface area contributed by atoms with Gasteiger partial charge >= 0.3 is 0 Å². The number of benzene rings is 1. The second kappa shape index (κ2) is 7.69. The van der Waals surface area contributed by atoms with Crippen molar-refractivity contribution in [1.29, 1.82) is 0 Å². The van der Waals surface area contributed by atoms with Gasteiger partial charge in [-0.25, -0.2) is 0 Å². The molecule has 0 radical (unpaired) electrons. The highest BCUT2D eigenvalue weighted by atomic mass is 32.2. The maximum Gasteiger partial charge on any atom is 0.00801 e. The molecule has 2 unspecified atom stereocenters. The Kier molecular flexibility index (Phi) is 5.65. The molecule has 1 N–H and O–H groups in total. The molecule has 0 saturated heterocycles. The summed E-state index contributed by atoms with van der Waals surface area (Å²) < 4.78 is 0. The largest absolute Gasteiger partial charge is 0.311 e. The average Bonchev–Trinajstić information content (AvgIpc) is 2.56. The summed E-state index contributed by atoms with van der Waals surface area (Å²) in [7, 11) is 0. The van der Waals surface area contributed by atoms with Crippen molar-refractivity contribution in [3.05, 3.63) is 35.9 Å². The lowest BCUT2D eigenvalue weighted by Gasteiger charge is -2.35. The molecule has 0 bridgehead atoms. The molecule has 116 valence electrons. The number of rotatable bonds is 4. The smallest absolute Gasteiger partial charge is 0.00801 e. The molecule has 2 saturated carbocycles. The molecular formula is C19H29NS. The molecular weight excluding hydrogens is 274 g/mol. The maximum absolute atomic E-state index is 3.98. The fraction of sp³-hybridized carbons (Fsp3) is 0.684. The molecule has 0 amide bonds. The van der Waals surface area contributed by atoms with Crippen molar-refractivity contribution >= 4 is 11.8 Å². The van der Waals surface area contributed by atoms with Crippen LogP contribution < -0.4 is 5.32 Å². The Morgan fingerprint density at radius 3 is 2.38 bits per heavy atom. The van der Waals surface area contributed by atoms with E-state index in [2.05, 4.69) is 53.7 Å². The minimum Gasteiger partial charge on any atom is -0.311 e. The summed E-state index contributed by atoms with van der Waals surface area (Å²) in [5.74, 6) is 0.801. The van der Waals surface area contributed by atoms with Gasteiger partial charge in [-0.2, -0.15) is 11.8 Å². The second-order valence-corrected chi connectivity index (χ2v) is 7.99. The van der Waals surface area contributed by atoms with E-state index >= 15 is 0 Å². The van der Waals surface area contributed by atoms with Crippen LogP contribution in [0.25, 0.3) is 0 Å². The quantitative estimate of drug-likeness (QED) is 0.842. The molecule has 2 atom stereocenters. The van der Waals surface area contributed by atoms with Crippen molar-refractivity contribution in [2.24, 2.45) is 0 Å². The van der Waals surface area contributed by atoms with Crippen LogP contribution in [0.1, 0.15) is 62.8 Å². The zero-order valence-corrected chi connectivity index (χ0v) is 14.1. The zero-order valence-electron chi connectivity index (χ0n) is 13.3. The van der Waals surface area contributed by atoms with Gasteiger partial charge in [0.1, 0.15) is 0 Å². The third kappa shape index (κ3) is 4.26. The zero-order chi connectivity index (χ0) is 14.5. The topological polar surface area (TPSA) is 12.0 Å². The number of thioether (sulfide) groups is 1. The molecule has 1 aromatic carbocycles. The fourth-order valence-corrected chi connectivity index (χ4v) is 4.99. The van der Waals surface area contributed by atoms with E-state index in [-0.39, 0.29) is 0 Å². The fourth-order valence-electron chi connectivity index (χ4n) is 4.16. The van der Waals surface area contributed by atoms with E-state index < -0.39 is 0 Å². The van der Waals surface area contributed by atoms with Crippen molar-refractivity contribution in [1.82, 2.24) is 5.32 Å². The highest BCUT2D eigenvalue weighted by Crippen LogP contribution is 2.34. The first-order valence-corrected chi connectivity index (χ1v) is 9.97. The lowest BCUT2D eigenvalue weighted by molar-refractivity contribution is 0.281. The third-order valence-electron chi connectivity index (χ3n) is 5.43. The Bertz CT molecular complexity index is 411. The Labute approximate surface area is 134 Å². The molecule has 0 spiro atoms. The van der Waals surface area contributed by atoms with E-state index in [1.54, 1.807) is 5.56 Å². The predicted molar refractivity (Wildman–Crippen MR) is 94.1 cm³/mol. The van der Waals surface area contributed by atoms with Crippen LogP contribution in [0.4, 0.5) is 0 Å². The SMILES string of the molecule is CSC1CCCC(NC2CCC(c3ccccc3)CC2)C1. The molecule has 2 aliphatic carbocycles. The first-order valence-electron chi connectivity index (χ1n) is 8.69. The molecule has 3 rings (SSSR count). The standard InChI is InChI=1S/C19H29NS/c1-21-19-9-5-8-18(14-19)20-17-12-10-16(11-13-17)15-6-3-2-4-7-15/h2-4,6-7,16-20H,5,8-14H2,1H3. The summed E-state index contributed by atoms with van der Waals surface area (Å²) in [6.45, 7) is 0. The molecule has 1 aromatic rings. The normalized spacial score (nSPS) is 33.8. The molecule has 2 aliphatic rings. The molecule has 2 heteroatoms. The Morgan fingerprint density at radius 2 is 1.67 bits per heavy atom. The molecule has 0 aromatic heterocycles. The van der Waals surface area contributed by atoms with Gasteiger partial charge in [0.25, 0.3) is 0 Å². The van der Waals surface area contributed by atoms with Crippen molar-refractivity contribution in [3.8, 4) is 0 Å². The van der Waals surface area contributed by atoms with Crippen LogP contribution >= 0.6 is 11.8 Å². The van der Waals surface area contributed by atoms with E-state index in [0.717, 1.165) is 23.3 Å². The summed E-state index contributed by atoms with van der Waals surface area (Å²) in [5, 5.41) is 4.88. The lowest BCUT2D eigenvalue weighted by Crippen LogP contribution is -2.43. The summed E-state index contributed by atoms with van der Waals surface area (Å²) in [6.07, 6.45) is 13.4. The summed E-state index contributed by atoms with van der Waals surface area (Å²) >= 11 is 2.07. The van der Waals surface area contributed by atoms with Crippen molar-refractivity contribution in [3.63, 3.8) is 0 Å². The van der Waals surface area contributed by atoms with Crippen LogP contribution in [0.2, 0.25) is 0 Å². The van der Waals surface area contributed by atoms with Crippen LogP contribution in [0.5, 0.6) is 0 Å². The van der Waals surface area contributed by atoms with Gasteiger partial charge in [0.05, 0.1) is 0 Å². The summed E-state index contributed by atoms with van der Waals surface area (Å²) in [5.41, 5.74) is 1.55. The highest BCUT2D eigenvalue weighted by Gasteiger charge is 2.26. The van der Waals surface area contributed by atoms with Crippen LogP contribution in [-0.4, -0.2) is 23.6 Å². The van der Waals surface area contributed by atoms with Gasteiger partial charge < -0.3 is 5.32 Å². The van der Waals surface area contributed by atoms with Crippen molar-refractivity contribution in [2.45, 2.75) is 74.6 Å². The van der Waals surface area contributed by atoms with Gasteiger partial charge in [-0.1, -0.05) is 36.8 Å². The Morgan fingerprint density at radius 1 is 0.905 bits per heavy atom. The number of hydrogen-bond donors (Lipinski definition) is 1. The summed E-state index contributed by atoms with van der Waals surface area (Å²) in [4.78, 5) is 0. The Hall–Kier alpha value is -0.470. The Balaban J connectivity index is 1.45. The minimum absolute atomic E-state index is 0.774. The molecule has 0 heterocycles. The van der Waals surface area contributed by atoms with Crippen LogP contribution in [0, 0.1) is 0 Å². The third-order valence-corrected chi connectivity index (χ3v) is 6.52. The van der Waals surface area contributed by atoms with E-state index in [9.17, 15) is 0 Å². The average molecular weight is 304 g/mol. The van der Waals surface area contributed by atoms with E-state index in [1.807, 2.05) is 0 Å². The van der Waals surface area contributed by atoms with E-state index in [0.29, 0.717) is 0 Å². The van der Waals surface area contributed by atoms with Gasteiger partial charge in [-0.05, 0) is 62.7 Å².